The molecule has 0 atom stereocenters. The van der Waals surface area contributed by atoms with Gasteiger partial charge in [-0.25, -0.2) is 0 Å². The Kier molecular flexibility index (Phi) is 7.37. The first-order chi connectivity index (χ1) is 14.1. The van der Waals surface area contributed by atoms with Gasteiger partial charge in [0, 0.05) is 26.2 Å². The molecule has 154 valence electrons. The molecule has 2 aromatic rings. The maximum absolute atomic E-state index is 12.4. The van der Waals surface area contributed by atoms with Crippen LogP contribution in [0.5, 0.6) is 0 Å². The number of furan rings is 1. The number of morpholine rings is 1. The maximum Gasteiger partial charge on any atom is 0.313 e. The van der Waals surface area contributed by atoms with Gasteiger partial charge in [0.25, 0.3) is 5.91 Å². The average molecular weight is 400 g/mol. The largest absolute Gasteiger partial charge is 0.467 e. The molecule has 0 unspecified atom stereocenters. The summed E-state index contributed by atoms with van der Waals surface area (Å²) in [4.78, 5) is 38.9. The van der Waals surface area contributed by atoms with Crippen LogP contribution in [0.3, 0.4) is 0 Å². The number of hydrogen-bond acceptors (Lipinski definition) is 6. The van der Waals surface area contributed by atoms with Gasteiger partial charge in [-0.2, -0.15) is 0 Å². The van der Waals surface area contributed by atoms with Crippen molar-refractivity contribution in [2.24, 2.45) is 0 Å². The third kappa shape index (κ3) is 6.16. The molecular weight excluding hydrogens is 376 g/mol. The van der Waals surface area contributed by atoms with E-state index >= 15 is 0 Å². The lowest BCUT2D eigenvalue weighted by atomic mass is 10.1. The molecule has 9 nitrogen and oxygen atoms in total. The minimum Gasteiger partial charge on any atom is -0.467 e. The fraction of sp³-hybridized carbons (Fsp3) is 0.350. The van der Waals surface area contributed by atoms with Crippen molar-refractivity contribution in [3.63, 3.8) is 0 Å². The molecule has 3 amide bonds. The van der Waals surface area contributed by atoms with E-state index in [1.165, 1.54) is 6.26 Å². The van der Waals surface area contributed by atoms with Gasteiger partial charge in [0.2, 0.25) is 0 Å². The van der Waals surface area contributed by atoms with Gasteiger partial charge in [-0.3, -0.25) is 19.3 Å². The van der Waals surface area contributed by atoms with Crippen LogP contribution in [-0.4, -0.2) is 62.0 Å². The van der Waals surface area contributed by atoms with E-state index in [1.54, 1.807) is 36.4 Å². The molecule has 0 spiro atoms. The van der Waals surface area contributed by atoms with Crippen molar-refractivity contribution in [1.82, 2.24) is 15.5 Å². The molecule has 2 heterocycles. The minimum absolute atomic E-state index is 0.218. The monoisotopic (exact) mass is 400 g/mol. The van der Waals surface area contributed by atoms with E-state index in [0.29, 0.717) is 32.1 Å². The van der Waals surface area contributed by atoms with Crippen molar-refractivity contribution in [3.05, 3.63) is 54.0 Å². The van der Waals surface area contributed by atoms with E-state index in [9.17, 15) is 14.4 Å². The number of ether oxygens (including phenoxy) is 1. The van der Waals surface area contributed by atoms with Gasteiger partial charge in [-0.05, 0) is 24.3 Å². The Labute approximate surface area is 168 Å². The van der Waals surface area contributed by atoms with Crippen molar-refractivity contribution < 1.29 is 23.5 Å². The van der Waals surface area contributed by atoms with Crippen molar-refractivity contribution in [3.8, 4) is 0 Å². The van der Waals surface area contributed by atoms with E-state index in [1.807, 2.05) is 0 Å². The standard InChI is InChI=1S/C20H24N4O5/c25-18(22-14-15-4-3-11-29-15)16-5-1-2-6-17(16)23-20(27)19(26)21-7-8-24-9-12-28-13-10-24/h1-6,11H,7-10,12-14H2,(H,21,26)(H,22,25)(H,23,27). The average Bonchev–Trinajstić information content (AvgIpc) is 3.27. The molecule has 0 bridgehead atoms. The molecule has 1 aliphatic rings. The third-order valence-electron chi connectivity index (χ3n) is 4.45. The molecule has 1 aliphatic heterocycles. The Morgan fingerprint density at radius 3 is 2.52 bits per heavy atom. The maximum atomic E-state index is 12.4. The smallest absolute Gasteiger partial charge is 0.313 e. The van der Waals surface area contributed by atoms with Gasteiger partial charge in [0.1, 0.15) is 5.76 Å². The molecule has 29 heavy (non-hydrogen) atoms. The second-order valence-corrected chi connectivity index (χ2v) is 6.47. The Morgan fingerprint density at radius 1 is 0.966 bits per heavy atom. The molecule has 1 aromatic carbocycles. The lowest BCUT2D eigenvalue weighted by Gasteiger charge is -2.26. The second-order valence-electron chi connectivity index (χ2n) is 6.47. The highest BCUT2D eigenvalue weighted by atomic mass is 16.5. The van der Waals surface area contributed by atoms with Crippen LogP contribution in [0.4, 0.5) is 5.69 Å². The lowest BCUT2D eigenvalue weighted by molar-refractivity contribution is -0.136. The summed E-state index contributed by atoms with van der Waals surface area (Å²) in [5.74, 6) is -1.34. The van der Waals surface area contributed by atoms with E-state index in [0.717, 1.165) is 13.1 Å². The number of carbonyl (C=O) groups is 3. The SMILES string of the molecule is O=C(NCCN1CCOCC1)C(=O)Nc1ccccc1C(=O)NCc1ccco1. The first-order valence-electron chi connectivity index (χ1n) is 9.42. The summed E-state index contributed by atoms with van der Waals surface area (Å²) in [6.45, 7) is 4.19. The number of hydrogen-bond donors (Lipinski definition) is 3. The van der Waals surface area contributed by atoms with E-state index in [-0.39, 0.29) is 23.7 Å². The fourth-order valence-corrected chi connectivity index (χ4v) is 2.88. The number of para-hydroxylation sites is 1. The van der Waals surface area contributed by atoms with Crippen molar-refractivity contribution >= 4 is 23.4 Å². The highest BCUT2D eigenvalue weighted by Gasteiger charge is 2.18. The molecular formula is C20H24N4O5. The van der Waals surface area contributed by atoms with Crippen LogP contribution in [0.2, 0.25) is 0 Å². The first-order valence-corrected chi connectivity index (χ1v) is 9.42. The van der Waals surface area contributed by atoms with Crippen molar-refractivity contribution in [2.45, 2.75) is 6.54 Å². The molecule has 0 aliphatic carbocycles. The number of nitrogens with one attached hydrogen (secondary N) is 3. The molecule has 9 heteroatoms. The van der Waals surface area contributed by atoms with E-state index in [2.05, 4.69) is 20.9 Å². The lowest BCUT2D eigenvalue weighted by Crippen LogP contribution is -2.43. The summed E-state index contributed by atoms with van der Waals surface area (Å²) in [6, 6.07) is 9.97. The number of benzene rings is 1. The number of nitrogens with zero attached hydrogens (tertiary/aromatic N) is 1. The number of anilines is 1. The highest BCUT2D eigenvalue weighted by Crippen LogP contribution is 2.15. The predicted molar refractivity (Wildman–Crippen MR) is 105 cm³/mol. The Morgan fingerprint density at radius 2 is 1.76 bits per heavy atom. The van der Waals surface area contributed by atoms with Crippen molar-refractivity contribution in [1.29, 1.82) is 0 Å². The predicted octanol–water partition coefficient (Wildman–Crippen LogP) is 0.597. The zero-order valence-corrected chi connectivity index (χ0v) is 16.0. The van der Waals surface area contributed by atoms with Gasteiger partial charge in [0.15, 0.2) is 0 Å². The van der Waals surface area contributed by atoms with Gasteiger partial charge in [-0.1, -0.05) is 12.1 Å². The molecule has 3 N–H and O–H groups in total. The molecule has 1 saturated heterocycles. The van der Waals surface area contributed by atoms with Crippen LogP contribution in [0, 0.1) is 0 Å². The molecule has 0 saturated carbocycles. The second kappa shape index (κ2) is 10.4. The summed E-state index contributed by atoms with van der Waals surface area (Å²) in [5.41, 5.74) is 0.520. The first kappa shape index (κ1) is 20.6. The summed E-state index contributed by atoms with van der Waals surface area (Å²) >= 11 is 0. The summed E-state index contributed by atoms with van der Waals surface area (Å²) in [6.07, 6.45) is 1.52. The van der Waals surface area contributed by atoms with Gasteiger partial charge in [-0.15, -0.1) is 0 Å². The normalized spacial score (nSPS) is 14.2. The zero-order valence-electron chi connectivity index (χ0n) is 16.0. The van der Waals surface area contributed by atoms with Crippen LogP contribution in [0.1, 0.15) is 16.1 Å². The third-order valence-corrected chi connectivity index (χ3v) is 4.45. The number of amides is 3. The molecule has 1 aromatic heterocycles. The highest BCUT2D eigenvalue weighted by molar-refractivity contribution is 6.40. The Bertz CT molecular complexity index is 831. The van der Waals surface area contributed by atoms with Crippen molar-refractivity contribution in [2.75, 3.05) is 44.7 Å². The van der Waals surface area contributed by atoms with Crippen LogP contribution in [0.15, 0.2) is 47.1 Å². The van der Waals surface area contributed by atoms with Crippen LogP contribution in [0.25, 0.3) is 0 Å². The summed E-state index contributed by atoms with van der Waals surface area (Å²) in [7, 11) is 0. The van der Waals surface area contributed by atoms with Crippen LogP contribution in [-0.2, 0) is 20.9 Å². The molecule has 1 fully saturated rings. The quantitative estimate of drug-likeness (QED) is 0.587. The van der Waals surface area contributed by atoms with Gasteiger partial charge >= 0.3 is 11.8 Å². The zero-order chi connectivity index (χ0) is 20.5. The molecule has 3 rings (SSSR count). The van der Waals surface area contributed by atoms with Gasteiger partial charge < -0.3 is 25.1 Å². The Hall–Kier alpha value is -3.17. The topological polar surface area (TPSA) is 113 Å². The minimum atomic E-state index is -0.821. The van der Waals surface area contributed by atoms with Gasteiger partial charge in [0.05, 0.1) is 37.3 Å². The van der Waals surface area contributed by atoms with E-state index < -0.39 is 11.8 Å². The summed E-state index contributed by atoms with van der Waals surface area (Å²) in [5, 5.41) is 7.81. The van der Waals surface area contributed by atoms with Crippen LogP contribution >= 0.6 is 0 Å². The molecule has 0 radical (unpaired) electrons. The number of carbonyl (C=O) groups excluding carboxylic acids is 3. The van der Waals surface area contributed by atoms with E-state index in [4.69, 9.17) is 9.15 Å². The summed E-state index contributed by atoms with van der Waals surface area (Å²) < 4.78 is 10.4. The number of rotatable bonds is 7. The Balaban J connectivity index is 1.50. The van der Waals surface area contributed by atoms with Crippen LogP contribution < -0.4 is 16.0 Å². The fourth-order valence-electron chi connectivity index (χ4n) is 2.88.